The zero-order valence-corrected chi connectivity index (χ0v) is 19.6. The third kappa shape index (κ3) is 4.88. The Morgan fingerprint density at radius 1 is 1.09 bits per heavy atom. The van der Waals surface area contributed by atoms with Crippen molar-refractivity contribution in [2.24, 2.45) is 0 Å². The van der Waals surface area contributed by atoms with E-state index in [1.165, 1.54) is 4.90 Å². The molecule has 1 amide bonds. The largest absolute Gasteiger partial charge is 0.496 e. The number of rotatable bonds is 5. The lowest BCUT2D eigenvalue weighted by molar-refractivity contribution is -0.142. The quantitative estimate of drug-likeness (QED) is 0.578. The lowest BCUT2D eigenvalue weighted by Crippen LogP contribution is -2.43. The van der Waals surface area contributed by atoms with Crippen LogP contribution >= 0.6 is 0 Å². The number of likely N-dealkylation sites (tertiary alicyclic amines) is 1. The molecular formula is C25H28N4O5. The summed E-state index contributed by atoms with van der Waals surface area (Å²) in [6.07, 6.45) is -0.428. The molecule has 0 bridgehead atoms. The van der Waals surface area contributed by atoms with Crippen LogP contribution < -0.4 is 10.1 Å². The number of nitrogens with zero attached hydrogens (tertiary/aromatic N) is 3. The first-order valence-corrected chi connectivity index (χ1v) is 11.1. The Labute approximate surface area is 197 Å². The van der Waals surface area contributed by atoms with E-state index in [0.29, 0.717) is 17.4 Å². The number of carbonyl (C=O) groups is 2. The lowest BCUT2D eigenvalue weighted by Gasteiger charge is -2.26. The Bertz CT molecular complexity index is 1220. The number of hydrogen-bond acceptors (Lipinski definition) is 7. The highest BCUT2D eigenvalue weighted by Gasteiger charge is 2.42. The minimum Gasteiger partial charge on any atom is -0.496 e. The SMILES string of the molecule is COc1ccccc1-c1nc(N[C@H]2CC(C(=O)O)N(C(=O)OC(C)(C)C)C2)c2ccccc2n1. The fourth-order valence-electron chi connectivity index (χ4n) is 4.03. The lowest BCUT2D eigenvalue weighted by atomic mass is 10.1. The predicted molar refractivity (Wildman–Crippen MR) is 128 cm³/mol. The highest BCUT2D eigenvalue weighted by Crippen LogP contribution is 2.32. The van der Waals surface area contributed by atoms with Crippen LogP contribution in [-0.2, 0) is 9.53 Å². The zero-order chi connectivity index (χ0) is 24.5. The third-order valence-corrected chi connectivity index (χ3v) is 5.51. The molecule has 1 fully saturated rings. The molecule has 1 saturated heterocycles. The zero-order valence-electron chi connectivity index (χ0n) is 19.6. The summed E-state index contributed by atoms with van der Waals surface area (Å²) in [5, 5.41) is 13.9. The first-order chi connectivity index (χ1) is 16.2. The van der Waals surface area contributed by atoms with Crippen LogP contribution in [0, 0.1) is 0 Å². The number of amides is 1. The van der Waals surface area contributed by atoms with Crippen LogP contribution in [0.2, 0.25) is 0 Å². The van der Waals surface area contributed by atoms with Crippen molar-refractivity contribution in [2.45, 2.75) is 44.9 Å². The molecule has 0 spiro atoms. The van der Waals surface area contributed by atoms with Crippen LogP contribution in [0.3, 0.4) is 0 Å². The minimum atomic E-state index is -1.07. The molecule has 2 heterocycles. The molecule has 1 aromatic heterocycles. The third-order valence-electron chi connectivity index (χ3n) is 5.51. The summed E-state index contributed by atoms with van der Waals surface area (Å²) in [6, 6.07) is 13.7. The molecule has 0 radical (unpaired) electrons. The van der Waals surface area contributed by atoms with Crippen LogP contribution in [0.1, 0.15) is 27.2 Å². The second kappa shape index (κ2) is 9.17. The van der Waals surface area contributed by atoms with Crippen molar-refractivity contribution in [3.8, 4) is 17.1 Å². The number of carboxylic acids is 1. The number of hydrogen-bond donors (Lipinski definition) is 2. The van der Waals surface area contributed by atoms with Crippen LogP contribution in [-0.4, -0.2) is 63.4 Å². The smallest absolute Gasteiger partial charge is 0.411 e. The number of fused-ring (bicyclic) bond motifs is 1. The van der Waals surface area contributed by atoms with Crippen LogP contribution in [0.15, 0.2) is 48.5 Å². The Kier molecular flexibility index (Phi) is 6.28. The van der Waals surface area contributed by atoms with Gasteiger partial charge in [-0.2, -0.15) is 0 Å². The molecule has 2 atom stereocenters. The highest BCUT2D eigenvalue weighted by atomic mass is 16.6. The topological polar surface area (TPSA) is 114 Å². The van der Waals surface area contributed by atoms with Crippen molar-refractivity contribution in [2.75, 3.05) is 19.0 Å². The van der Waals surface area contributed by atoms with Crippen molar-refractivity contribution in [1.29, 1.82) is 0 Å². The van der Waals surface area contributed by atoms with E-state index >= 15 is 0 Å². The van der Waals surface area contributed by atoms with Gasteiger partial charge in [0.25, 0.3) is 0 Å². The van der Waals surface area contributed by atoms with Gasteiger partial charge in [-0.25, -0.2) is 19.6 Å². The van der Waals surface area contributed by atoms with E-state index in [1.807, 2.05) is 48.5 Å². The number of carboxylic acid groups (broad SMARTS) is 1. The molecule has 9 nitrogen and oxygen atoms in total. The molecule has 4 rings (SSSR count). The number of para-hydroxylation sites is 2. The van der Waals surface area contributed by atoms with Gasteiger partial charge in [0.2, 0.25) is 0 Å². The maximum Gasteiger partial charge on any atom is 0.411 e. The highest BCUT2D eigenvalue weighted by molar-refractivity contribution is 5.91. The molecule has 2 aromatic carbocycles. The monoisotopic (exact) mass is 464 g/mol. The normalized spacial score (nSPS) is 18.1. The standard InChI is InChI=1S/C25H28N4O5/c1-25(2,3)34-24(32)29-14-15(13-19(29)23(30)31)26-21-16-9-5-7-11-18(16)27-22(28-21)17-10-6-8-12-20(17)33-4/h5-12,15,19H,13-14H2,1-4H3,(H,30,31)(H,26,27,28)/t15-,19?/m0/s1. The number of ether oxygens (including phenoxy) is 2. The first kappa shape index (κ1) is 23.3. The second-order valence-corrected chi connectivity index (χ2v) is 9.18. The van der Waals surface area contributed by atoms with E-state index in [4.69, 9.17) is 19.4 Å². The second-order valence-electron chi connectivity index (χ2n) is 9.18. The van der Waals surface area contributed by atoms with Gasteiger partial charge in [-0.05, 0) is 45.0 Å². The fraction of sp³-hybridized carbons (Fsp3) is 0.360. The summed E-state index contributed by atoms with van der Waals surface area (Å²) >= 11 is 0. The summed E-state index contributed by atoms with van der Waals surface area (Å²) in [5.74, 6) is 0.617. The molecule has 34 heavy (non-hydrogen) atoms. The van der Waals surface area contributed by atoms with Gasteiger partial charge in [-0.15, -0.1) is 0 Å². The molecule has 0 saturated carbocycles. The van der Waals surface area contributed by atoms with Gasteiger partial charge in [0.15, 0.2) is 5.82 Å². The maximum atomic E-state index is 12.7. The first-order valence-electron chi connectivity index (χ1n) is 11.1. The van der Waals surface area contributed by atoms with Gasteiger partial charge in [-0.3, -0.25) is 4.90 Å². The van der Waals surface area contributed by atoms with Crippen LogP contribution in [0.5, 0.6) is 5.75 Å². The summed E-state index contributed by atoms with van der Waals surface area (Å²) in [6.45, 7) is 5.42. The van der Waals surface area contributed by atoms with Gasteiger partial charge in [0, 0.05) is 24.4 Å². The number of benzene rings is 2. The fourth-order valence-corrected chi connectivity index (χ4v) is 4.03. The molecule has 0 aliphatic carbocycles. The maximum absolute atomic E-state index is 12.7. The Hall–Kier alpha value is -3.88. The Morgan fingerprint density at radius 3 is 2.50 bits per heavy atom. The summed E-state index contributed by atoms with van der Waals surface area (Å²) in [5.41, 5.74) is 0.750. The van der Waals surface area contributed by atoms with Gasteiger partial charge in [0.1, 0.15) is 23.2 Å². The van der Waals surface area contributed by atoms with E-state index in [-0.39, 0.29) is 19.0 Å². The number of nitrogens with one attached hydrogen (secondary N) is 1. The average molecular weight is 465 g/mol. The number of anilines is 1. The number of aliphatic carboxylic acids is 1. The molecule has 3 aromatic rings. The Morgan fingerprint density at radius 2 is 1.79 bits per heavy atom. The van der Waals surface area contributed by atoms with Crippen molar-refractivity contribution in [3.63, 3.8) is 0 Å². The van der Waals surface area contributed by atoms with Crippen molar-refractivity contribution < 1.29 is 24.2 Å². The van der Waals surface area contributed by atoms with Gasteiger partial charge >= 0.3 is 12.1 Å². The molecule has 2 N–H and O–H groups in total. The summed E-state index contributed by atoms with van der Waals surface area (Å²) in [7, 11) is 1.59. The van der Waals surface area contributed by atoms with Gasteiger partial charge in [0.05, 0.1) is 18.2 Å². The number of methoxy groups -OCH3 is 1. The molecule has 9 heteroatoms. The van der Waals surface area contributed by atoms with E-state index in [0.717, 1.165) is 16.5 Å². The van der Waals surface area contributed by atoms with E-state index < -0.39 is 23.7 Å². The molecule has 1 unspecified atom stereocenters. The summed E-state index contributed by atoms with van der Waals surface area (Å²) in [4.78, 5) is 35.3. The van der Waals surface area contributed by atoms with Crippen molar-refractivity contribution in [1.82, 2.24) is 14.9 Å². The number of carbonyl (C=O) groups excluding carboxylic acids is 1. The van der Waals surface area contributed by atoms with Gasteiger partial charge in [-0.1, -0.05) is 24.3 Å². The van der Waals surface area contributed by atoms with E-state index in [9.17, 15) is 14.7 Å². The predicted octanol–water partition coefficient (Wildman–Crippen LogP) is 4.18. The van der Waals surface area contributed by atoms with Crippen molar-refractivity contribution >= 4 is 28.8 Å². The van der Waals surface area contributed by atoms with Gasteiger partial charge < -0.3 is 19.9 Å². The van der Waals surface area contributed by atoms with Crippen molar-refractivity contribution in [3.05, 3.63) is 48.5 Å². The van der Waals surface area contributed by atoms with Crippen LogP contribution in [0.25, 0.3) is 22.3 Å². The van der Waals surface area contributed by atoms with E-state index in [1.54, 1.807) is 27.9 Å². The minimum absolute atomic E-state index is 0.175. The molecule has 178 valence electrons. The Balaban J connectivity index is 1.67. The number of aromatic nitrogens is 2. The molecule has 1 aliphatic rings. The van der Waals surface area contributed by atoms with Crippen LogP contribution in [0.4, 0.5) is 10.6 Å². The van der Waals surface area contributed by atoms with E-state index in [2.05, 4.69) is 5.32 Å². The summed E-state index contributed by atoms with van der Waals surface area (Å²) < 4.78 is 10.9. The molecule has 1 aliphatic heterocycles. The average Bonchev–Trinajstić information content (AvgIpc) is 3.22. The molecular weight excluding hydrogens is 436 g/mol.